The molecule has 3 aromatic carbocycles. The molecule has 0 aromatic heterocycles. The number of amides is 1. The standard InChI is InChI=1S/C24H25ClN2O4S/c1-17-13-14-19(25)15-22(17)27(32(29,30)20-9-5-4-6-10-20)16-24(28)26-18(2)21-11-7-8-12-23(21)31-3/h4-15,18H,16H2,1-3H3,(H,26,28)/t18-/m1/s1. The lowest BCUT2D eigenvalue weighted by Crippen LogP contribution is -2.42. The maximum absolute atomic E-state index is 13.5. The Hall–Kier alpha value is -3.03. The van der Waals surface area contributed by atoms with Gasteiger partial charge in [-0.2, -0.15) is 0 Å². The van der Waals surface area contributed by atoms with E-state index < -0.39 is 22.5 Å². The van der Waals surface area contributed by atoms with Crippen molar-refractivity contribution in [3.63, 3.8) is 0 Å². The molecule has 8 heteroatoms. The fourth-order valence-electron chi connectivity index (χ4n) is 3.39. The second kappa shape index (κ2) is 10.1. The number of carbonyl (C=O) groups excluding carboxylic acids is 1. The van der Waals surface area contributed by atoms with Gasteiger partial charge >= 0.3 is 0 Å². The highest BCUT2D eigenvalue weighted by atomic mass is 35.5. The van der Waals surface area contributed by atoms with Crippen LogP contribution >= 0.6 is 11.6 Å². The summed E-state index contributed by atoms with van der Waals surface area (Å²) in [5.41, 5.74) is 1.82. The molecule has 32 heavy (non-hydrogen) atoms. The van der Waals surface area contributed by atoms with Gasteiger partial charge in [-0.1, -0.05) is 54.1 Å². The van der Waals surface area contributed by atoms with Gasteiger partial charge in [0, 0.05) is 10.6 Å². The Morgan fingerprint density at radius 2 is 1.72 bits per heavy atom. The van der Waals surface area contributed by atoms with Crippen LogP contribution in [0.25, 0.3) is 0 Å². The average Bonchev–Trinajstić information content (AvgIpc) is 2.79. The number of rotatable bonds is 8. The van der Waals surface area contributed by atoms with E-state index in [-0.39, 0.29) is 10.9 Å². The first kappa shape index (κ1) is 23.6. The second-order valence-corrected chi connectivity index (χ2v) is 9.59. The van der Waals surface area contributed by atoms with E-state index in [9.17, 15) is 13.2 Å². The second-order valence-electron chi connectivity index (χ2n) is 7.29. The van der Waals surface area contributed by atoms with Crippen LogP contribution in [0.4, 0.5) is 5.69 Å². The summed E-state index contributed by atoms with van der Waals surface area (Å²) in [6.07, 6.45) is 0. The number of para-hydroxylation sites is 1. The maximum atomic E-state index is 13.5. The summed E-state index contributed by atoms with van der Waals surface area (Å²) in [6.45, 7) is 3.18. The molecule has 0 aliphatic heterocycles. The summed E-state index contributed by atoms with van der Waals surface area (Å²) in [5.74, 6) is 0.182. The third-order valence-electron chi connectivity index (χ3n) is 5.04. The van der Waals surface area contributed by atoms with Crippen molar-refractivity contribution in [2.45, 2.75) is 24.8 Å². The number of nitrogens with one attached hydrogen (secondary N) is 1. The van der Waals surface area contributed by atoms with Crippen LogP contribution in [0.2, 0.25) is 5.02 Å². The molecular formula is C24H25ClN2O4S. The van der Waals surface area contributed by atoms with Gasteiger partial charge in [-0.3, -0.25) is 9.10 Å². The number of sulfonamides is 1. The fraction of sp³-hybridized carbons (Fsp3) is 0.208. The SMILES string of the molecule is COc1ccccc1[C@@H](C)NC(=O)CN(c1cc(Cl)ccc1C)S(=O)(=O)c1ccccc1. The third kappa shape index (κ3) is 5.23. The van der Waals surface area contributed by atoms with Crippen molar-refractivity contribution >= 4 is 33.2 Å². The number of aryl methyl sites for hydroxylation is 1. The quantitative estimate of drug-likeness (QED) is 0.514. The zero-order valence-corrected chi connectivity index (χ0v) is 19.7. The van der Waals surface area contributed by atoms with E-state index in [0.717, 1.165) is 9.87 Å². The van der Waals surface area contributed by atoms with Crippen molar-refractivity contribution in [1.82, 2.24) is 5.32 Å². The van der Waals surface area contributed by atoms with Crippen LogP contribution in [-0.4, -0.2) is 28.0 Å². The van der Waals surface area contributed by atoms with Crippen molar-refractivity contribution in [3.8, 4) is 5.75 Å². The minimum Gasteiger partial charge on any atom is -0.496 e. The monoisotopic (exact) mass is 472 g/mol. The van der Waals surface area contributed by atoms with Crippen molar-refractivity contribution < 1.29 is 17.9 Å². The Labute approximate surface area is 193 Å². The van der Waals surface area contributed by atoms with E-state index in [1.807, 2.05) is 25.1 Å². The number of benzene rings is 3. The Kier molecular flexibility index (Phi) is 7.43. The van der Waals surface area contributed by atoms with Crippen molar-refractivity contribution in [2.75, 3.05) is 18.0 Å². The van der Waals surface area contributed by atoms with Crippen LogP contribution in [0.5, 0.6) is 5.75 Å². The lowest BCUT2D eigenvalue weighted by atomic mass is 10.1. The van der Waals surface area contributed by atoms with Crippen LogP contribution in [0, 0.1) is 6.92 Å². The summed E-state index contributed by atoms with van der Waals surface area (Å²) >= 11 is 6.16. The summed E-state index contributed by atoms with van der Waals surface area (Å²) < 4.78 is 33.4. The molecule has 0 aliphatic carbocycles. The topological polar surface area (TPSA) is 75.7 Å². The summed E-state index contributed by atoms with van der Waals surface area (Å²) in [4.78, 5) is 13.1. The van der Waals surface area contributed by atoms with E-state index in [4.69, 9.17) is 16.3 Å². The van der Waals surface area contributed by atoms with Gasteiger partial charge in [-0.15, -0.1) is 0 Å². The Balaban J connectivity index is 1.94. The largest absolute Gasteiger partial charge is 0.496 e. The molecule has 0 heterocycles. The molecule has 0 unspecified atom stereocenters. The van der Waals surface area contributed by atoms with E-state index in [1.54, 1.807) is 56.5 Å². The Bertz CT molecular complexity index is 1200. The highest BCUT2D eigenvalue weighted by Crippen LogP contribution is 2.30. The average molecular weight is 473 g/mol. The first-order valence-corrected chi connectivity index (χ1v) is 11.8. The number of hydrogen-bond acceptors (Lipinski definition) is 4. The van der Waals surface area contributed by atoms with Crippen molar-refractivity contribution in [1.29, 1.82) is 0 Å². The molecule has 0 fully saturated rings. The van der Waals surface area contributed by atoms with Gasteiger partial charge < -0.3 is 10.1 Å². The molecule has 168 valence electrons. The van der Waals surface area contributed by atoms with Gasteiger partial charge in [-0.25, -0.2) is 8.42 Å². The number of carbonyl (C=O) groups is 1. The van der Waals surface area contributed by atoms with E-state index in [0.29, 0.717) is 22.0 Å². The lowest BCUT2D eigenvalue weighted by molar-refractivity contribution is -0.120. The smallest absolute Gasteiger partial charge is 0.264 e. The van der Waals surface area contributed by atoms with Crippen LogP contribution in [0.3, 0.4) is 0 Å². The highest BCUT2D eigenvalue weighted by Gasteiger charge is 2.29. The van der Waals surface area contributed by atoms with Crippen molar-refractivity contribution in [3.05, 3.63) is 88.9 Å². The molecule has 6 nitrogen and oxygen atoms in total. The molecule has 0 saturated heterocycles. The minimum absolute atomic E-state index is 0.0879. The molecule has 1 atom stereocenters. The molecule has 1 N–H and O–H groups in total. The zero-order valence-electron chi connectivity index (χ0n) is 18.1. The molecule has 3 aromatic rings. The Morgan fingerprint density at radius 1 is 1.06 bits per heavy atom. The summed E-state index contributed by atoms with van der Waals surface area (Å²) in [5, 5.41) is 3.25. The van der Waals surface area contributed by atoms with Gasteiger partial charge in [0.1, 0.15) is 12.3 Å². The van der Waals surface area contributed by atoms with Crippen LogP contribution in [0.1, 0.15) is 24.1 Å². The van der Waals surface area contributed by atoms with Gasteiger partial charge in [0.15, 0.2) is 0 Å². The Morgan fingerprint density at radius 3 is 2.41 bits per heavy atom. The zero-order chi connectivity index (χ0) is 23.3. The fourth-order valence-corrected chi connectivity index (χ4v) is 5.05. The predicted octanol–water partition coefficient (Wildman–Crippen LogP) is 4.73. The summed E-state index contributed by atoms with van der Waals surface area (Å²) in [7, 11) is -2.45. The van der Waals surface area contributed by atoms with Crippen molar-refractivity contribution in [2.24, 2.45) is 0 Å². The van der Waals surface area contributed by atoms with E-state index >= 15 is 0 Å². The number of halogens is 1. The molecule has 1 amide bonds. The maximum Gasteiger partial charge on any atom is 0.264 e. The summed E-state index contributed by atoms with van der Waals surface area (Å²) in [6, 6.07) is 19.9. The van der Waals surface area contributed by atoms with E-state index in [1.165, 1.54) is 12.1 Å². The van der Waals surface area contributed by atoms with Gasteiger partial charge in [-0.05, 0) is 49.7 Å². The van der Waals surface area contributed by atoms with Crippen LogP contribution in [0.15, 0.2) is 77.7 Å². The molecule has 0 saturated carbocycles. The highest BCUT2D eigenvalue weighted by molar-refractivity contribution is 7.92. The van der Waals surface area contributed by atoms with Gasteiger partial charge in [0.05, 0.1) is 23.7 Å². The molecular weight excluding hydrogens is 448 g/mol. The number of anilines is 1. The number of methoxy groups -OCH3 is 1. The minimum atomic E-state index is -4.01. The number of nitrogens with zero attached hydrogens (tertiary/aromatic N) is 1. The predicted molar refractivity (Wildman–Crippen MR) is 127 cm³/mol. The molecule has 0 spiro atoms. The van der Waals surface area contributed by atoms with E-state index in [2.05, 4.69) is 5.32 Å². The first-order valence-electron chi connectivity index (χ1n) is 10.00. The van der Waals surface area contributed by atoms with Crippen LogP contribution < -0.4 is 14.4 Å². The number of hydrogen-bond donors (Lipinski definition) is 1. The molecule has 3 rings (SSSR count). The molecule has 0 aliphatic rings. The normalized spacial score (nSPS) is 12.1. The first-order chi connectivity index (χ1) is 15.2. The lowest BCUT2D eigenvalue weighted by Gasteiger charge is -2.27. The third-order valence-corrected chi connectivity index (χ3v) is 7.05. The molecule has 0 bridgehead atoms. The van der Waals surface area contributed by atoms with Gasteiger partial charge in [0.25, 0.3) is 10.0 Å². The molecule has 0 radical (unpaired) electrons. The van der Waals surface area contributed by atoms with Gasteiger partial charge in [0.2, 0.25) is 5.91 Å². The van der Waals surface area contributed by atoms with Crippen LogP contribution in [-0.2, 0) is 14.8 Å². The number of ether oxygens (including phenoxy) is 1.